The number of carbonyl (C=O) groups excluding carboxylic acids is 1. The third-order valence-corrected chi connectivity index (χ3v) is 3.52. The number of nitrogens with zero attached hydrogens (tertiary/aromatic N) is 1. The number of primary amides is 1. The van der Waals surface area contributed by atoms with E-state index in [1.54, 1.807) is 0 Å². The lowest BCUT2D eigenvalue weighted by Crippen LogP contribution is -2.29. The predicted molar refractivity (Wildman–Crippen MR) is 63.8 cm³/mol. The number of amides is 1. The maximum Gasteiger partial charge on any atom is 0.404 e. The Morgan fingerprint density at radius 1 is 1.50 bits per heavy atom. The first-order valence-electron chi connectivity index (χ1n) is 5.10. The normalized spacial score (nSPS) is 11.1. The van der Waals surface area contributed by atoms with Gasteiger partial charge in [-0.05, 0) is 6.07 Å². The summed E-state index contributed by atoms with van der Waals surface area (Å²) in [5.41, 5.74) is 3.83. The third kappa shape index (κ3) is 4.13. The molecule has 0 fully saturated rings. The summed E-state index contributed by atoms with van der Waals surface area (Å²) in [5.74, 6) is -1.27. The van der Waals surface area contributed by atoms with Gasteiger partial charge in [-0.25, -0.2) is 17.9 Å². The molecule has 0 atom stereocenters. The summed E-state index contributed by atoms with van der Waals surface area (Å²) >= 11 is 0. The molecule has 1 aromatic rings. The highest BCUT2D eigenvalue weighted by Crippen LogP contribution is 2.20. The first-order valence-corrected chi connectivity index (χ1v) is 6.58. The number of carbonyl (C=O) groups is 1. The molecule has 0 unspecified atom stereocenters. The molecule has 0 bridgehead atoms. The summed E-state index contributed by atoms with van der Waals surface area (Å²) < 4.78 is 43.0. The number of rotatable bonds is 6. The molecule has 0 saturated heterocycles. The van der Waals surface area contributed by atoms with Gasteiger partial charge in [0, 0.05) is 18.7 Å². The molecule has 110 valence electrons. The second-order valence-electron chi connectivity index (χ2n) is 3.44. The largest absolute Gasteiger partial charge is 0.448 e. The van der Waals surface area contributed by atoms with Gasteiger partial charge in [0.25, 0.3) is 0 Å². The van der Waals surface area contributed by atoms with Crippen molar-refractivity contribution in [1.29, 1.82) is 0 Å². The van der Waals surface area contributed by atoms with Crippen LogP contribution in [0, 0.1) is 15.9 Å². The van der Waals surface area contributed by atoms with E-state index in [0.717, 1.165) is 12.1 Å². The Labute approximate surface area is 112 Å². The molecule has 0 aliphatic rings. The molecule has 0 aromatic heterocycles. The van der Waals surface area contributed by atoms with Gasteiger partial charge in [-0.2, -0.15) is 4.39 Å². The molecule has 9 nitrogen and oxygen atoms in total. The lowest BCUT2D eigenvalue weighted by molar-refractivity contribution is -0.387. The molecule has 1 rings (SSSR count). The number of nitrogens with two attached hydrogens (primary N) is 1. The number of benzene rings is 1. The predicted octanol–water partition coefficient (Wildman–Crippen LogP) is 0.108. The number of hydrogen-bond acceptors (Lipinski definition) is 6. The highest BCUT2D eigenvalue weighted by molar-refractivity contribution is 7.89. The highest BCUT2D eigenvalue weighted by atomic mass is 32.2. The first kappa shape index (κ1) is 15.8. The number of sulfonamides is 1. The van der Waals surface area contributed by atoms with E-state index in [2.05, 4.69) is 10.5 Å². The maximum absolute atomic E-state index is 13.3. The summed E-state index contributed by atoms with van der Waals surface area (Å²) in [6.45, 7) is -0.575. The third-order valence-electron chi connectivity index (χ3n) is 2.06. The van der Waals surface area contributed by atoms with Crippen molar-refractivity contribution in [2.24, 2.45) is 5.73 Å². The van der Waals surface area contributed by atoms with E-state index in [4.69, 9.17) is 0 Å². The number of nitro benzene ring substituents is 1. The molecule has 0 aliphatic carbocycles. The Bertz CT molecular complexity index is 633. The van der Waals surface area contributed by atoms with Gasteiger partial charge in [0.1, 0.15) is 6.61 Å². The van der Waals surface area contributed by atoms with Gasteiger partial charge in [0.05, 0.1) is 9.82 Å². The average Bonchev–Trinajstić information content (AvgIpc) is 2.34. The van der Waals surface area contributed by atoms with Crippen LogP contribution in [0.4, 0.5) is 14.9 Å². The van der Waals surface area contributed by atoms with E-state index < -0.39 is 37.4 Å². The lowest BCUT2D eigenvalue weighted by Gasteiger charge is -2.06. The minimum Gasteiger partial charge on any atom is -0.448 e. The molecule has 1 amide bonds. The molecule has 0 saturated carbocycles. The summed E-state index contributed by atoms with van der Waals surface area (Å²) in [5, 5.41) is 10.4. The fraction of sp³-hybridized carbons (Fsp3) is 0.222. The molecule has 11 heteroatoms. The van der Waals surface area contributed by atoms with Gasteiger partial charge in [-0.15, -0.1) is 0 Å². The zero-order valence-electron chi connectivity index (χ0n) is 9.91. The molecular weight excluding hydrogens is 297 g/mol. The van der Waals surface area contributed by atoms with Crippen molar-refractivity contribution in [2.75, 3.05) is 13.2 Å². The van der Waals surface area contributed by atoms with Crippen molar-refractivity contribution < 1.29 is 27.3 Å². The van der Waals surface area contributed by atoms with E-state index >= 15 is 0 Å². The van der Waals surface area contributed by atoms with E-state index in [9.17, 15) is 27.7 Å². The molecular formula is C9H10FN3O6S. The van der Waals surface area contributed by atoms with Crippen molar-refractivity contribution in [1.82, 2.24) is 4.72 Å². The first-order chi connectivity index (χ1) is 9.24. The van der Waals surface area contributed by atoms with E-state index in [-0.39, 0.29) is 13.2 Å². The van der Waals surface area contributed by atoms with Crippen LogP contribution in [-0.4, -0.2) is 32.6 Å². The Kier molecular flexibility index (Phi) is 4.94. The van der Waals surface area contributed by atoms with Crippen molar-refractivity contribution in [2.45, 2.75) is 4.90 Å². The minimum absolute atomic E-state index is 0.274. The average molecular weight is 307 g/mol. The Hall–Kier alpha value is -2.27. The summed E-state index contributed by atoms with van der Waals surface area (Å²) in [4.78, 5) is 19.2. The number of halogens is 1. The number of nitro groups is 1. The molecule has 3 N–H and O–H groups in total. The molecule has 0 heterocycles. The quantitative estimate of drug-likeness (QED) is 0.434. The van der Waals surface area contributed by atoms with Crippen LogP contribution < -0.4 is 10.5 Å². The molecule has 20 heavy (non-hydrogen) atoms. The zero-order chi connectivity index (χ0) is 15.3. The number of nitrogens with one attached hydrogen (secondary N) is 1. The van der Waals surface area contributed by atoms with Crippen LogP contribution in [0.15, 0.2) is 23.1 Å². The van der Waals surface area contributed by atoms with E-state index in [1.165, 1.54) is 0 Å². The Balaban J connectivity index is 2.80. The van der Waals surface area contributed by atoms with Gasteiger partial charge >= 0.3 is 11.8 Å². The summed E-state index contributed by atoms with van der Waals surface area (Å²) in [6, 6.07) is 2.15. The standard InChI is InChI=1S/C9H10FN3O6S/c10-7-5-6(1-2-8(7)13(15)16)20(17,18)12-3-4-19-9(11)14/h1-2,5,12H,3-4H2,(H2,11,14). The van der Waals surface area contributed by atoms with Crippen LogP contribution in [0.25, 0.3) is 0 Å². The molecule has 1 aromatic carbocycles. The van der Waals surface area contributed by atoms with Gasteiger partial charge in [-0.3, -0.25) is 10.1 Å². The van der Waals surface area contributed by atoms with Crippen molar-refractivity contribution in [3.63, 3.8) is 0 Å². The summed E-state index contributed by atoms with van der Waals surface area (Å²) in [6.07, 6.45) is -1.06. The minimum atomic E-state index is -4.07. The number of hydrogen-bond donors (Lipinski definition) is 2. The maximum atomic E-state index is 13.3. The molecule has 0 spiro atoms. The van der Waals surface area contributed by atoms with Crippen molar-refractivity contribution in [3.8, 4) is 0 Å². The highest BCUT2D eigenvalue weighted by Gasteiger charge is 2.20. The fourth-order valence-electron chi connectivity index (χ4n) is 1.21. The van der Waals surface area contributed by atoms with E-state index in [0.29, 0.717) is 6.07 Å². The van der Waals surface area contributed by atoms with Gasteiger partial charge in [0.2, 0.25) is 15.8 Å². The van der Waals surface area contributed by atoms with Gasteiger partial charge in [0.15, 0.2) is 0 Å². The molecule has 0 aliphatic heterocycles. The van der Waals surface area contributed by atoms with Crippen LogP contribution in [0.1, 0.15) is 0 Å². The van der Waals surface area contributed by atoms with Crippen molar-refractivity contribution >= 4 is 21.8 Å². The Morgan fingerprint density at radius 3 is 2.65 bits per heavy atom. The van der Waals surface area contributed by atoms with Crippen LogP contribution in [0.3, 0.4) is 0 Å². The smallest absolute Gasteiger partial charge is 0.404 e. The molecule has 0 radical (unpaired) electrons. The zero-order valence-corrected chi connectivity index (χ0v) is 10.7. The lowest BCUT2D eigenvalue weighted by atomic mass is 10.3. The number of ether oxygens (including phenoxy) is 1. The van der Waals surface area contributed by atoms with Gasteiger partial charge in [-0.1, -0.05) is 0 Å². The summed E-state index contributed by atoms with van der Waals surface area (Å²) in [7, 11) is -4.07. The van der Waals surface area contributed by atoms with Crippen LogP contribution in [0.5, 0.6) is 0 Å². The van der Waals surface area contributed by atoms with Crippen molar-refractivity contribution in [3.05, 3.63) is 34.1 Å². The SMILES string of the molecule is NC(=O)OCCNS(=O)(=O)c1ccc([N+](=O)[O-])c(F)c1. The van der Waals surface area contributed by atoms with Crippen LogP contribution >= 0.6 is 0 Å². The van der Waals surface area contributed by atoms with Gasteiger partial charge < -0.3 is 10.5 Å². The fourth-order valence-corrected chi connectivity index (χ4v) is 2.24. The van der Waals surface area contributed by atoms with Crippen LogP contribution in [0.2, 0.25) is 0 Å². The monoisotopic (exact) mass is 307 g/mol. The second kappa shape index (κ2) is 6.25. The second-order valence-corrected chi connectivity index (χ2v) is 5.20. The topological polar surface area (TPSA) is 142 Å². The van der Waals surface area contributed by atoms with Crippen LogP contribution in [-0.2, 0) is 14.8 Å². The van der Waals surface area contributed by atoms with E-state index in [1.807, 2.05) is 4.72 Å². The Morgan fingerprint density at radius 2 is 2.15 bits per heavy atom.